The molecule has 3 unspecified atom stereocenters. The summed E-state index contributed by atoms with van der Waals surface area (Å²) in [5.41, 5.74) is 0. The van der Waals surface area contributed by atoms with Gasteiger partial charge in [-0.1, -0.05) is 370 Å². The van der Waals surface area contributed by atoms with Crippen molar-refractivity contribution in [2.45, 2.75) is 439 Å². The number of hydrogen-bond donors (Lipinski definition) is 3. The number of rotatable bonds is 79. The van der Waals surface area contributed by atoms with Gasteiger partial charge in [-0.2, -0.15) is 0 Å². The third kappa shape index (κ3) is 73.0. The van der Waals surface area contributed by atoms with Crippen LogP contribution >= 0.6 is 15.6 Å². The predicted octanol–water partition coefficient (Wildman–Crippen LogP) is 24.1. The van der Waals surface area contributed by atoms with Crippen molar-refractivity contribution in [2.75, 3.05) is 39.6 Å². The molecule has 17 nitrogen and oxygen atoms in total. The molecule has 0 bridgehead atoms. The fourth-order valence-corrected chi connectivity index (χ4v) is 14.0. The Bertz CT molecular complexity index is 1940. The number of hydrogen-bond acceptors (Lipinski definition) is 15. The molecule has 0 radical (unpaired) electrons. The van der Waals surface area contributed by atoms with Crippen LogP contribution in [-0.2, 0) is 65.4 Å². The Balaban J connectivity index is 5.23. The molecular formula is C81H158O17P2. The highest BCUT2D eigenvalue weighted by Gasteiger charge is 2.30. The van der Waals surface area contributed by atoms with Gasteiger partial charge in [0.2, 0.25) is 0 Å². The summed E-state index contributed by atoms with van der Waals surface area (Å²) in [4.78, 5) is 73.0. The average Bonchev–Trinajstić information content (AvgIpc) is 0.949. The van der Waals surface area contributed by atoms with Gasteiger partial charge in [0.05, 0.1) is 26.4 Å². The first-order valence-electron chi connectivity index (χ1n) is 41.9. The third-order valence-electron chi connectivity index (χ3n) is 19.2. The third-order valence-corrected chi connectivity index (χ3v) is 21.1. The van der Waals surface area contributed by atoms with Crippen LogP contribution in [0.5, 0.6) is 0 Å². The summed E-state index contributed by atoms with van der Waals surface area (Å²) in [6.07, 6.45) is 59.7. The van der Waals surface area contributed by atoms with Gasteiger partial charge < -0.3 is 33.8 Å². The average molecular weight is 1470 g/mol. The maximum Gasteiger partial charge on any atom is 0.472 e. The number of aliphatic hydroxyl groups is 1. The number of esters is 4. The smallest absolute Gasteiger partial charge is 0.462 e. The van der Waals surface area contributed by atoms with E-state index in [4.69, 9.17) is 37.0 Å². The number of phosphoric acid groups is 2. The molecule has 0 aliphatic heterocycles. The molecule has 0 saturated carbocycles. The van der Waals surface area contributed by atoms with Crippen molar-refractivity contribution in [3.8, 4) is 0 Å². The molecule has 0 fully saturated rings. The first-order chi connectivity index (χ1) is 48.3. The van der Waals surface area contributed by atoms with Crippen LogP contribution in [0.25, 0.3) is 0 Å². The monoisotopic (exact) mass is 1470 g/mol. The lowest BCUT2D eigenvalue weighted by Crippen LogP contribution is -2.30. The Morgan fingerprint density at radius 2 is 0.510 bits per heavy atom. The molecule has 0 heterocycles. The summed E-state index contributed by atoms with van der Waals surface area (Å²) in [6, 6.07) is 0. The van der Waals surface area contributed by atoms with E-state index in [1.807, 2.05) is 0 Å². The summed E-state index contributed by atoms with van der Waals surface area (Å²) in [5.74, 6) is 0.203. The maximum absolute atomic E-state index is 13.1. The van der Waals surface area contributed by atoms with E-state index in [1.54, 1.807) is 0 Å². The first kappa shape index (κ1) is 98.1. The molecule has 100 heavy (non-hydrogen) atoms. The Morgan fingerprint density at radius 1 is 0.290 bits per heavy atom. The van der Waals surface area contributed by atoms with Crippen molar-refractivity contribution >= 4 is 39.5 Å². The highest BCUT2D eigenvalue weighted by molar-refractivity contribution is 7.47. The summed E-state index contributed by atoms with van der Waals surface area (Å²) in [6.45, 7) is 11.9. The molecule has 0 aliphatic rings. The Morgan fingerprint density at radius 3 is 0.760 bits per heavy atom. The second-order valence-electron chi connectivity index (χ2n) is 30.4. The van der Waals surface area contributed by atoms with Gasteiger partial charge in [0.25, 0.3) is 0 Å². The van der Waals surface area contributed by atoms with Crippen LogP contribution in [0.4, 0.5) is 0 Å². The van der Waals surface area contributed by atoms with Crippen molar-refractivity contribution < 1.29 is 80.2 Å². The standard InChI is InChI=1S/C81H158O17P2/c1-8-10-11-12-13-14-15-16-17-23-26-29-32-41-48-55-62-78(83)91-68-76(97-80(85)64-57-50-43-33-30-27-24-21-19-18-20-22-25-28-31-38-45-52-59-72(3)4)70-95-99(87,88)93-66-75(82)67-94-100(89,90)96-71-77(69-92-79(84)63-56-49-42-36-34-39-46-53-60-73(5)6)98-81(86)65-58-51-44-37-35-40-47-54-61-74(7)9-2/h72-77,82H,8-71H2,1-7H3,(H,87,88)(H,89,90)/t74?,75-,76-,77-/m1/s1. The second kappa shape index (κ2) is 71.3. The molecule has 0 rings (SSSR count). The Labute approximate surface area is 613 Å². The second-order valence-corrected chi connectivity index (χ2v) is 33.3. The van der Waals surface area contributed by atoms with Crippen molar-refractivity contribution in [3.05, 3.63) is 0 Å². The molecule has 0 amide bonds. The molecule has 594 valence electrons. The lowest BCUT2D eigenvalue weighted by atomic mass is 9.99. The summed E-state index contributed by atoms with van der Waals surface area (Å²) >= 11 is 0. The highest BCUT2D eigenvalue weighted by Crippen LogP contribution is 2.45. The SMILES string of the molecule is CCCCCCCCCCCCCCCCCCC(=O)OC[C@H](COP(=O)(O)OC[C@@H](O)COP(=O)(O)OC[C@@H](COC(=O)CCCCCCCCCCC(C)C)OC(=O)CCCCCCCCCCC(C)CC)OC(=O)CCCCCCCCCCCCCCCCCCCCC(C)C. The van der Waals surface area contributed by atoms with E-state index in [2.05, 4.69) is 48.5 Å². The molecule has 0 spiro atoms. The van der Waals surface area contributed by atoms with Gasteiger partial charge >= 0.3 is 39.5 Å². The lowest BCUT2D eigenvalue weighted by Gasteiger charge is -2.21. The number of carbonyl (C=O) groups excluding carboxylic acids is 4. The fourth-order valence-electron chi connectivity index (χ4n) is 12.5. The number of unbranched alkanes of at least 4 members (excludes halogenated alkanes) is 46. The van der Waals surface area contributed by atoms with Gasteiger partial charge in [0.1, 0.15) is 19.3 Å². The minimum atomic E-state index is -4.96. The molecule has 6 atom stereocenters. The molecule has 3 N–H and O–H groups in total. The topological polar surface area (TPSA) is 237 Å². The van der Waals surface area contributed by atoms with E-state index in [0.29, 0.717) is 25.7 Å². The van der Waals surface area contributed by atoms with Crippen LogP contribution in [0.1, 0.15) is 421 Å². The normalized spacial score (nSPS) is 14.2. The van der Waals surface area contributed by atoms with Crippen LogP contribution in [0, 0.1) is 17.8 Å². The molecule has 0 aromatic heterocycles. The van der Waals surface area contributed by atoms with E-state index in [1.165, 1.54) is 231 Å². The van der Waals surface area contributed by atoms with Crippen LogP contribution in [-0.4, -0.2) is 96.7 Å². The Hall–Kier alpha value is -1.94. The van der Waals surface area contributed by atoms with E-state index in [0.717, 1.165) is 108 Å². The van der Waals surface area contributed by atoms with Gasteiger partial charge in [-0.25, -0.2) is 9.13 Å². The molecule has 0 aliphatic carbocycles. The minimum absolute atomic E-state index is 0.105. The lowest BCUT2D eigenvalue weighted by molar-refractivity contribution is -0.161. The van der Waals surface area contributed by atoms with Gasteiger partial charge in [-0.05, 0) is 43.4 Å². The zero-order valence-electron chi connectivity index (χ0n) is 65.7. The number of aliphatic hydroxyl groups excluding tert-OH is 1. The van der Waals surface area contributed by atoms with E-state index < -0.39 is 97.5 Å². The quantitative estimate of drug-likeness (QED) is 0.0222. The van der Waals surface area contributed by atoms with E-state index in [-0.39, 0.29) is 25.7 Å². The Kier molecular flexibility index (Phi) is 69.9. The molecule has 0 saturated heterocycles. The van der Waals surface area contributed by atoms with Crippen molar-refractivity contribution in [2.24, 2.45) is 17.8 Å². The molecule has 0 aromatic rings. The van der Waals surface area contributed by atoms with Crippen LogP contribution in [0.3, 0.4) is 0 Å². The summed E-state index contributed by atoms with van der Waals surface area (Å²) < 4.78 is 68.7. The summed E-state index contributed by atoms with van der Waals surface area (Å²) in [5, 5.41) is 10.6. The predicted molar refractivity (Wildman–Crippen MR) is 409 cm³/mol. The number of phosphoric ester groups is 2. The molecular weight excluding hydrogens is 1310 g/mol. The van der Waals surface area contributed by atoms with Crippen LogP contribution in [0.2, 0.25) is 0 Å². The maximum atomic E-state index is 13.1. The first-order valence-corrected chi connectivity index (χ1v) is 44.9. The summed E-state index contributed by atoms with van der Waals surface area (Å²) in [7, 11) is -9.92. The van der Waals surface area contributed by atoms with Crippen molar-refractivity contribution in [3.63, 3.8) is 0 Å². The molecule has 0 aromatic carbocycles. The molecule has 19 heteroatoms. The van der Waals surface area contributed by atoms with Gasteiger partial charge in [0.15, 0.2) is 12.2 Å². The van der Waals surface area contributed by atoms with E-state index >= 15 is 0 Å². The van der Waals surface area contributed by atoms with Gasteiger partial charge in [-0.15, -0.1) is 0 Å². The largest absolute Gasteiger partial charge is 0.472 e. The zero-order chi connectivity index (χ0) is 73.7. The highest BCUT2D eigenvalue weighted by atomic mass is 31.2. The van der Waals surface area contributed by atoms with Crippen LogP contribution < -0.4 is 0 Å². The van der Waals surface area contributed by atoms with Crippen LogP contribution in [0.15, 0.2) is 0 Å². The van der Waals surface area contributed by atoms with E-state index in [9.17, 15) is 43.2 Å². The zero-order valence-corrected chi connectivity index (χ0v) is 67.5. The number of ether oxygens (including phenoxy) is 4. The van der Waals surface area contributed by atoms with Gasteiger partial charge in [0, 0.05) is 25.7 Å². The van der Waals surface area contributed by atoms with Gasteiger partial charge in [-0.3, -0.25) is 37.3 Å². The minimum Gasteiger partial charge on any atom is -0.462 e. The van der Waals surface area contributed by atoms with Crippen molar-refractivity contribution in [1.82, 2.24) is 0 Å². The number of carbonyl (C=O) groups is 4. The van der Waals surface area contributed by atoms with Crippen molar-refractivity contribution in [1.29, 1.82) is 0 Å². The fraction of sp³-hybridized carbons (Fsp3) is 0.951.